The Morgan fingerprint density at radius 2 is 1.65 bits per heavy atom. The van der Waals surface area contributed by atoms with Crippen LogP contribution in [0.25, 0.3) is 6.08 Å². The van der Waals surface area contributed by atoms with Gasteiger partial charge in [0.25, 0.3) is 5.91 Å². The van der Waals surface area contributed by atoms with Crippen molar-refractivity contribution in [2.45, 2.75) is 20.0 Å². The summed E-state index contributed by atoms with van der Waals surface area (Å²) in [5.74, 6) is 1.45. The molecule has 1 aliphatic heterocycles. The van der Waals surface area contributed by atoms with E-state index in [1.807, 2.05) is 68.4 Å². The molecule has 3 aromatic carbocycles. The molecule has 4 rings (SSSR count). The van der Waals surface area contributed by atoms with Gasteiger partial charge in [0, 0.05) is 5.75 Å². The number of thioether (sulfide) groups is 1. The normalized spacial score (nSPS) is 14.6. The zero-order chi connectivity index (χ0) is 23.9. The summed E-state index contributed by atoms with van der Waals surface area (Å²) in [5, 5.41) is 0.588. The zero-order valence-corrected chi connectivity index (χ0v) is 19.8. The first kappa shape index (κ1) is 23.6. The number of benzene rings is 3. The Hall–Kier alpha value is -3.58. The third kappa shape index (κ3) is 6.05. The molecule has 7 heteroatoms. The lowest BCUT2D eigenvalue weighted by atomic mass is 10.2. The van der Waals surface area contributed by atoms with E-state index >= 15 is 0 Å². The molecule has 0 N–H and O–H groups in total. The third-order valence-corrected chi connectivity index (χ3v) is 5.70. The van der Waals surface area contributed by atoms with Crippen molar-refractivity contribution in [3.8, 4) is 11.5 Å². The standard InChI is InChI=1S/C27H25FN2O3S/c1-19(2)33-24-12-8-20(9-13-24)18-25-26(31)30(22-6-4-3-5-7-22)27(29-25)34-17-16-32-23-14-10-21(28)11-15-23/h3-15,18-19H,16-17H2,1-2H3. The molecule has 0 saturated heterocycles. The highest BCUT2D eigenvalue weighted by molar-refractivity contribution is 8.14. The third-order valence-electron chi connectivity index (χ3n) is 4.80. The van der Waals surface area contributed by atoms with Crippen LogP contribution in [0, 0.1) is 5.82 Å². The summed E-state index contributed by atoms with van der Waals surface area (Å²) in [5.41, 5.74) is 1.98. The van der Waals surface area contributed by atoms with Gasteiger partial charge in [-0.2, -0.15) is 0 Å². The van der Waals surface area contributed by atoms with Crippen molar-refractivity contribution in [1.82, 2.24) is 0 Å². The van der Waals surface area contributed by atoms with Crippen LogP contribution in [0.1, 0.15) is 19.4 Å². The molecule has 0 unspecified atom stereocenters. The lowest BCUT2D eigenvalue weighted by molar-refractivity contribution is -0.113. The van der Waals surface area contributed by atoms with Crippen LogP contribution in [0.5, 0.6) is 11.5 Å². The van der Waals surface area contributed by atoms with E-state index in [0.717, 1.165) is 17.0 Å². The molecular formula is C27H25FN2O3S. The molecule has 1 aliphatic rings. The molecule has 5 nitrogen and oxygen atoms in total. The second-order valence-corrected chi connectivity index (χ2v) is 8.85. The fourth-order valence-electron chi connectivity index (χ4n) is 3.29. The molecule has 0 radical (unpaired) electrons. The topological polar surface area (TPSA) is 51.1 Å². The van der Waals surface area contributed by atoms with Gasteiger partial charge in [-0.25, -0.2) is 9.38 Å². The van der Waals surface area contributed by atoms with E-state index in [4.69, 9.17) is 9.47 Å². The van der Waals surface area contributed by atoms with Crippen LogP contribution < -0.4 is 14.4 Å². The number of carbonyl (C=O) groups excluding carboxylic acids is 1. The maximum atomic E-state index is 13.3. The highest BCUT2D eigenvalue weighted by Crippen LogP contribution is 2.29. The number of amidine groups is 1. The first-order valence-corrected chi connectivity index (χ1v) is 12.0. The Morgan fingerprint density at radius 3 is 2.32 bits per heavy atom. The lowest BCUT2D eigenvalue weighted by Crippen LogP contribution is -2.30. The molecule has 0 aromatic heterocycles. The Labute approximate surface area is 202 Å². The summed E-state index contributed by atoms with van der Waals surface area (Å²) < 4.78 is 24.4. The molecule has 34 heavy (non-hydrogen) atoms. The molecular weight excluding hydrogens is 451 g/mol. The van der Waals surface area contributed by atoms with E-state index in [1.54, 1.807) is 23.1 Å². The average Bonchev–Trinajstić information content (AvgIpc) is 3.14. The molecule has 0 atom stereocenters. The van der Waals surface area contributed by atoms with Crippen LogP contribution >= 0.6 is 11.8 Å². The monoisotopic (exact) mass is 476 g/mol. The molecule has 0 spiro atoms. The lowest BCUT2D eigenvalue weighted by Gasteiger charge is -2.17. The number of nitrogens with zero attached hydrogens (tertiary/aromatic N) is 2. The highest BCUT2D eigenvalue weighted by Gasteiger charge is 2.31. The predicted octanol–water partition coefficient (Wildman–Crippen LogP) is 6.17. The number of hydrogen-bond donors (Lipinski definition) is 0. The van der Waals surface area contributed by atoms with Gasteiger partial charge >= 0.3 is 0 Å². The van der Waals surface area contributed by atoms with Gasteiger partial charge in [0.2, 0.25) is 0 Å². The SMILES string of the molecule is CC(C)Oc1ccc(C=C2N=C(SCCOc3ccc(F)cc3)N(c3ccccc3)C2=O)cc1. The van der Waals surface area contributed by atoms with Gasteiger partial charge in [0.05, 0.1) is 18.4 Å². The number of aliphatic imine (C=N–C) groups is 1. The second kappa shape index (κ2) is 11.0. The van der Waals surface area contributed by atoms with Crippen molar-refractivity contribution in [3.05, 3.63) is 95.9 Å². The number of ether oxygens (including phenoxy) is 2. The zero-order valence-electron chi connectivity index (χ0n) is 19.0. The minimum absolute atomic E-state index is 0.0938. The van der Waals surface area contributed by atoms with Crippen LogP contribution in [0.15, 0.2) is 89.6 Å². The van der Waals surface area contributed by atoms with E-state index in [2.05, 4.69) is 4.99 Å². The van der Waals surface area contributed by atoms with Crippen molar-refractivity contribution in [2.24, 2.45) is 4.99 Å². The van der Waals surface area contributed by atoms with Gasteiger partial charge in [-0.3, -0.25) is 9.69 Å². The van der Waals surface area contributed by atoms with Crippen molar-refractivity contribution >= 4 is 34.6 Å². The highest BCUT2D eigenvalue weighted by atomic mass is 32.2. The Bertz CT molecular complexity index is 1180. The maximum absolute atomic E-state index is 13.3. The summed E-state index contributed by atoms with van der Waals surface area (Å²) in [6, 6.07) is 22.9. The second-order valence-electron chi connectivity index (χ2n) is 7.79. The molecule has 0 saturated carbocycles. The number of hydrogen-bond acceptors (Lipinski definition) is 5. The van der Waals surface area contributed by atoms with E-state index in [1.165, 1.54) is 23.9 Å². The van der Waals surface area contributed by atoms with Crippen molar-refractivity contribution < 1.29 is 18.7 Å². The Kier molecular flexibility index (Phi) is 7.65. The first-order chi connectivity index (χ1) is 16.5. The van der Waals surface area contributed by atoms with Crippen molar-refractivity contribution in [1.29, 1.82) is 0 Å². The fourth-order valence-corrected chi connectivity index (χ4v) is 4.12. The van der Waals surface area contributed by atoms with E-state index in [0.29, 0.717) is 29.0 Å². The number of rotatable bonds is 8. The van der Waals surface area contributed by atoms with Crippen LogP contribution in [0.3, 0.4) is 0 Å². The van der Waals surface area contributed by atoms with Crippen LogP contribution in [0.4, 0.5) is 10.1 Å². The number of para-hydroxylation sites is 1. The van der Waals surface area contributed by atoms with Crippen LogP contribution in [-0.2, 0) is 4.79 Å². The first-order valence-electron chi connectivity index (χ1n) is 11.0. The molecule has 0 fully saturated rings. The van der Waals surface area contributed by atoms with Crippen LogP contribution in [-0.4, -0.2) is 29.5 Å². The number of amides is 1. The van der Waals surface area contributed by atoms with Gasteiger partial charge in [-0.05, 0) is 74.0 Å². The van der Waals surface area contributed by atoms with Gasteiger partial charge in [0.1, 0.15) is 23.0 Å². The van der Waals surface area contributed by atoms with Gasteiger partial charge < -0.3 is 9.47 Å². The van der Waals surface area contributed by atoms with Crippen LogP contribution in [0.2, 0.25) is 0 Å². The quantitative estimate of drug-likeness (QED) is 0.288. The number of anilines is 1. The smallest absolute Gasteiger partial charge is 0.283 e. The molecule has 1 amide bonds. The summed E-state index contributed by atoms with van der Waals surface area (Å²) in [6.07, 6.45) is 1.87. The fraction of sp³-hybridized carbons (Fsp3) is 0.185. The molecule has 0 aliphatic carbocycles. The van der Waals surface area contributed by atoms with Crippen molar-refractivity contribution in [2.75, 3.05) is 17.3 Å². The molecule has 1 heterocycles. The maximum Gasteiger partial charge on any atom is 0.283 e. The average molecular weight is 477 g/mol. The van der Waals surface area contributed by atoms with E-state index in [-0.39, 0.29) is 17.8 Å². The summed E-state index contributed by atoms with van der Waals surface area (Å²) >= 11 is 1.43. The molecule has 174 valence electrons. The molecule has 3 aromatic rings. The molecule has 0 bridgehead atoms. The summed E-state index contributed by atoms with van der Waals surface area (Å²) in [6.45, 7) is 4.34. The minimum Gasteiger partial charge on any atom is -0.493 e. The Morgan fingerprint density at radius 1 is 0.971 bits per heavy atom. The van der Waals surface area contributed by atoms with Gasteiger partial charge in [-0.15, -0.1) is 0 Å². The van der Waals surface area contributed by atoms with E-state index in [9.17, 15) is 9.18 Å². The van der Waals surface area contributed by atoms with Crippen molar-refractivity contribution in [3.63, 3.8) is 0 Å². The largest absolute Gasteiger partial charge is 0.493 e. The number of carbonyl (C=O) groups is 1. The van der Waals surface area contributed by atoms with E-state index < -0.39 is 0 Å². The van der Waals surface area contributed by atoms with Gasteiger partial charge in [0.15, 0.2) is 5.17 Å². The Balaban J connectivity index is 1.49. The summed E-state index contributed by atoms with van der Waals surface area (Å²) in [7, 11) is 0. The van der Waals surface area contributed by atoms with Gasteiger partial charge in [-0.1, -0.05) is 42.1 Å². The summed E-state index contributed by atoms with van der Waals surface area (Å²) in [4.78, 5) is 19.5. The minimum atomic E-state index is -0.305. The number of halogens is 1. The predicted molar refractivity (Wildman–Crippen MR) is 136 cm³/mol.